The highest BCUT2D eigenvalue weighted by Crippen LogP contribution is 2.22. The Hall–Kier alpha value is -0.690. The maximum Gasteiger partial charge on any atom is 0.124 e. The lowest BCUT2D eigenvalue weighted by Crippen LogP contribution is -2.07. The molecule has 0 heterocycles. The van der Waals surface area contributed by atoms with E-state index in [9.17, 15) is 0 Å². The van der Waals surface area contributed by atoms with Gasteiger partial charge < -0.3 is 4.74 Å². The lowest BCUT2D eigenvalue weighted by Gasteiger charge is -2.13. The molecule has 0 fully saturated rings. The van der Waals surface area contributed by atoms with E-state index in [-0.39, 0.29) is 6.10 Å². The summed E-state index contributed by atoms with van der Waals surface area (Å²) >= 11 is 5.81. The Kier molecular flexibility index (Phi) is 3.61. The van der Waals surface area contributed by atoms with Gasteiger partial charge in [-0.2, -0.15) is 0 Å². The van der Waals surface area contributed by atoms with E-state index >= 15 is 0 Å². The number of alkyl halides is 1. The summed E-state index contributed by atoms with van der Waals surface area (Å²) in [5.41, 5.74) is 2.28. The van der Waals surface area contributed by atoms with Crippen LogP contribution >= 0.6 is 11.6 Å². The number of ether oxygens (including phenoxy) is 1. The Balaban J connectivity index is 2.92. The van der Waals surface area contributed by atoms with Gasteiger partial charge in [0.05, 0.1) is 12.0 Å². The first-order chi connectivity index (χ1) is 6.13. The maximum atomic E-state index is 5.81. The zero-order chi connectivity index (χ0) is 9.84. The molecule has 1 rings (SSSR count). The molecule has 0 bridgehead atoms. The third kappa shape index (κ3) is 2.92. The van der Waals surface area contributed by atoms with Crippen LogP contribution in [0.25, 0.3) is 0 Å². The van der Waals surface area contributed by atoms with Crippen LogP contribution in [0.1, 0.15) is 25.0 Å². The molecule has 1 aromatic rings. The SMILES string of the molecule is Cc1ccc(OC(C)C)c(CCl)c1. The fourth-order valence-electron chi connectivity index (χ4n) is 1.18. The molecule has 0 N–H and O–H groups in total. The van der Waals surface area contributed by atoms with Crippen molar-refractivity contribution in [2.45, 2.75) is 32.8 Å². The van der Waals surface area contributed by atoms with Gasteiger partial charge in [0, 0.05) is 5.56 Å². The molecular weight excluding hydrogens is 184 g/mol. The standard InChI is InChI=1S/C11H15ClO/c1-8(2)13-11-5-4-9(3)6-10(11)7-12/h4-6,8H,7H2,1-3H3. The van der Waals surface area contributed by atoms with Crippen molar-refractivity contribution >= 4 is 11.6 Å². The first kappa shape index (κ1) is 10.4. The van der Waals surface area contributed by atoms with Crippen LogP contribution in [0.4, 0.5) is 0 Å². The smallest absolute Gasteiger partial charge is 0.124 e. The zero-order valence-electron chi connectivity index (χ0n) is 8.30. The molecule has 1 nitrogen and oxygen atoms in total. The largest absolute Gasteiger partial charge is 0.491 e. The van der Waals surface area contributed by atoms with Gasteiger partial charge in [-0.1, -0.05) is 17.7 Å². The molecule has 2 heteroatoms. The average Bonchev–Trinajstić information content (AvgIpc) is 2.07. The minimum atomic E-state index is 0.199. The third-order valence-electron chi connectivity index (χ3n) is 1.72. The van der Waals surface area contributed by atoms with Crippen molar-refractivity contribution in [3.63, 3.8) is 0 Å². The normalized spacial score (nSPS) is 10.5. The molecule has 0 spiro atoms. The van der Waals surface area contributed by atoms with Gasteiger partial charge in [-0.15, -0.1) is 11.6 Å². The molecule has 0 saturated carbocycles. The minimum Gasteiger partial charge on any atom is -0.491 e. The molecule has 0 atom stereocenters. The number of halogens is 1. The van der Waals surface area contributed by atoms with Gasteiger partial charge in [-0.05, 0) is 26.8 Å². The van der Waals surface area contributed by atoms with E-state index in [0.717, 1.165) is 11.3 Å². The van der Waals surface area contributed by atoms with Crippen LogP contribution in [0.5, 0.6) is 5.75 Å². The molecule has 1 aromatic carbocycles. The summed E-state index contributed by atoms with van der Waals surface area (Å²) in [6, 6.07) is 6.07. The number of hydrogen-bond acceptors (Lipinski definition) is 1. The second kappa shape index (κ2) is 4.52. The second-order valence-electron chi connectivity index (χ2n) is 3.41. The van der Waals surface area contributed by atoms with E-state index in [1.807, 2.05) is 26.0 Å². The molecule has 0 aliphatic heterocycles. The molecular formula is C11H15ClO. The van der Waals surface area contributed by atoms with E-state index in [4.69, 9.17) is 16.3 Å². The Labute approximate surface area is 84.7 Å². The van der Waals surface area contributed by atoms with Gasteiger partial charge in [0.15, 0.2) is 0 Å². The zero-order valence-corrected chi connectivity index (χ0v) is 9.06. The van der Waals surface area contributed by atoms with Crippen LogP contribution in [0, 0.1) is 6.92 Å². The molecule has 0 radical (unpaired) electrons. The van der Waals surface area contributed by atoms with Crippen molar-refractivity contribution in [3.05, 3.63) is 29.3 Å². The van der Waals surface area contributed by atoms with Crippen LogP contribution in [-0.4, -0.2) is 6.10 Å². The molecule has 0 amide bonds. The van der Waals surface area contributed by atoms with Crippen molar-refractivity contribution in [1.29, 1.82) is 0 Å². The topological polar surface area (TPSA) is 9.23 Å². The summed E-state index contributed by atoms with van der Waals surface area (Å²) < 4.78 is 5.61. The summed E-state index contributed by atoms with van der Waals surface area (Å²) in [5.74, 6) is 1.40. The maximum absolute atomic E-state index is 5.81. The Morgan fingerprint density at radius 1 is 1.38 bits per heavy atom. The van der Waals surface area contributed by atoms with Gasteiger partial charge in [0.25, 0.3) is 0 Å². The summed E-state index contributed by atoms with van der Waals surface area (Å²) in [7, 11) is 0. The van der Waals surface area contributed by atoms with E-state index in [1.165, 1.54) is 5.56 Å². The quantitative estimate of drug-likeness (QED) is 0.676. The van der Waals surface area contributed by atoms with Crippen LogP contribution in [0.2, 0.25) is 0 Å². The van der Waals surface area contributed by atoms with Crippen molar-refractivity contribution < 1.29 is 4.74 Å². The van der Waals surface area contributed by atoms with Gasteiger partial charge >= 0.3 is 0 Å². The number of hydrogen-bond donors (Lipinski definition) is 0. The van der Waals surface area contributed by atoms with E-state index in [0.29, 0.717) is 5.88 Å². The monoisotopic (exact) mass is 198 g/mol. The van der Waals surface area contributed by atoms with E-state index in [2.05, 4.69) is 13.0 Å². The van der Waals surface area contributed by atoms with Gasteiger partial charge in [-0.25, -0.2) is 0 Å². The van der Waals surface area contributed by atoms with Crippen molar-refractivity contribution in [3.8, 4) is 5.75 Å². The molecule has 0 saturated heterocycles. The number of aryl methyl sites for hydroxylation is 1. The predicted molar refractivity (Wildman–Crippen MR) is 56.5 cm³/mol. The third-order valence-corrected chi connectivity index (χ3v) is 2.01. The van der Waals surface area contributed by atoms with E-state index in [1.54, 1.807) is 0 Å². The van der Waals surface area contributed by atoms with Gasteiger partial charge in [-0.3, -0.25) is 0 Å². The Bertz CT molecular complexity index is 281. The average molecular weight is 199 g/mol. The predicted octanol–water partition coefficient (Wildman–Crippen LogP) is 3.52. The van der Waals surface area contributed by atoms with Crippen LogP contribution in [-0.2, 0) is 5.88 Å². The van der Waals surface area contributed by atoms with Crippen LogP contribution < -0.4 is 4.74 Å². The lowest BCUT2D eigenvalue weighted by atomic mass is 10.1. The highest BCUT2D eigenvalue weighted by atomic mass is 35.5. The lowest BCUT2D eigenvalue weighted by molar-refractivity contribution is 0.240. The fourth-order valence-corrected chi connectivity index (χ4v) is 1.39. The summed E-state index contributed by atoms with van der Waals surface area (Å²) in [4.78, 5) is 0. The summed E-state index contributed by atoms with van der Waals surface area (Å²) in [5, 5.41) is 0. The number of rotatable bonds is 3. The highest BCUT2D eigenvalue weighted by molar-refractivity contribution is 6.17. The second-order valence-corrected chi connectivity index (χ2v) is 3.68. The summed E-state index contributed by atoms with van der Waals surface area (Å²) in [6.07, 6.45) is 0.199. The van der Waals surface area contributed by atoms with Gasteiger partial charge in [0.2, 0.25) is 0 Å². The van der Waals surface area contributed by atoms with Crippen LogP contribution in [0.15, 0.2) is 18.2 Å². The van der Waals surface area contributed by atoms with Crippen molar-refractivity contribution in [1.82, 2.24) is 0 Å². The fraction of sp³-hybridized carbons (Fsp3) is 0.455. The van der Waals surface area contributed by atoms with Crippen LogP contribution in [0.3, 0.4) is 0 Å². The molecule has 0 aliphatic carbocycles. The molecule has 0 aliphatic rings. The first-order valence-electron chi connectivity index (χ1n) is 4.45. The molecule has 13 heavy (non-hydrogen) atoms. The highest BCUT2D eigenvalue weighted by Gasteiger charge is 2.04. The molecule has 72 valence electrons. The van der Waals surface area contributed by atoms with Gasteiger partial charge in [0.1, 0.15) is 5.75 Å². The Morgan fingerprint density at radius 2 is 2.08 bits per heavy atom. The number of benzene rings is 1. The Morgan fingerprint density at radius 3 is 2.62 bits per heavy atom. The minimum absolute atomic E-state index is 0.199. The molecule has 0 unspecified atom stereocenters. The summed E-state index contributed by atoms with van der Waals surface area (Å²) in [6.45, 7) is 6.07. The van der Waals surface area contributed by atoms with Crippen molar-refractivity contribution in [2.24, 2.45) is 0 Å². The first-order valence-corrected chi connectivity index (χ1v) is 4.99. The van der Waals surface area contributed by atoms with E-state index < -0.39 is 0 Å². The molecule has 0 aromatic heterocycles. The van der Waals surface area contributed by atoms with Crippen molar-refractivity contribution in [2.75, 3.05) is 0 Å².